The van der Waals surface area contributed by atoms with Crippen LogP contribution in [0, 0.1) is 0 Å². The van der Waals surface area contributed by atoms with Crippen LogP contribution in [0.25, 0.3) is 0 Å². The van der Waals surface area contributed by atoms with Gasteiger partial charge in [0.25, 0.3) is 0 Å². The van der Waals surface area contributed by atoms with Crippen molar-refractivity contribution in [3.63, 3.8) is 0 Å². The van der Waals surface area contributed by atoms with Gasteiger partial charge >= 0.3 is 6.09 Å². The van der Waals surface area contributed by atoms with Crippen molar-refractivity contribution in [2.45, 2.75) is 51.0 Å². The maximum absolute atomic E-state index is 12.3. The number of ether oxygens (including phenoxy) is 1. The van der Waals surface area contributed by atoms with Crippen LogP contribution in [0.5, 0.6) is 0 Å². The number of likely N-dealkylation sites (tertiary alicyclic amines) is 1. The van der Waals surface area contributed by atoms with E-state index in [1.807, 2.05) is 32.9 Å². The molecule has 1 fully saturated rings. The lowest BCUT2D eigenvalue weighted by molar-refractivity contribution is 0.0241. The van der Waals surface area contributed by atoms with Crippen LogP contribution in [-0.2, 0) is 21.3 Å². The molecule has 22 heavy (non-hydrogen) atoms. The molecule has 0 aliphatic carbocycles. The van der Waals surface area contributed by atoms with Crippen molar-refractivity contribution in [1.29, 1.82) is 0 Å². The van der Waals surface area contributed by atoms with Crippen LogP contribution in [0.15, 0.2) is 24.5 Å². The topological polar surface area (TPSA) is 59.5 Å². The Morgan fingerprint density at radius 2 is 2.09 bits per heavy atom. The zero-order valence-corrected chi connectivity index (χ0v) is 14.3. The van der Waals surface area contributed by atoms with E-state index in [2.05, 4.69) is 4.98 Å². The van der Waals surface area contributed by atoms with E-state index >= 15 is 0 Å². The van der Waals surface area contributed by atoms with Crippen molar-refractivity contribution >= 4 is 16.9 Å². The minimum absolute atomic E-state index is 0.0116. The number of hydrogen-bond donors (Lipinski definition) is 0. The van der Waals surface area contributed by atoms with E-state index in [0.717, 1.165) is 18.4 Å². The van der Waals surface area contributed by atoms with Crippen LogP contribution in [-0.4, -0.2) is 44.1 Å². The smallest absolute Gasteiger partial charge is 0.410 e. The number of amides is 1. The van der Waals surface area contributed by atoms with Gasteiger partial charge in [-0.25, -0.2) is 4.79 Å². The fourth-order valence-corrected chi connectivity index (χ4v) is 3.97. The van der Waals surface area contributed by atoms with Crippen molar-refractivity contribution in [3.05, 3.63) is 30.1 Å². The van der Waals surface area contributed by atoms with Gasteiger partial charge < -0.3 is 9.64 Å². The molecule has 5 nitrogen and oxygen atoms in total. The SMILES string of the molecule is CC(C)(C)OC(=O)N1CCC[C@H]1C[S@](=O)Cc1ccncc1. The molecule has 1 saturated heterocycles. The first-order valence-electron chi connectivity index (χ1n) is 7.58. The monoisotopic (exact) mass is 324 g/mol. The average molecular weight is 324 g/mol. The van der Waals surface area contributed by atoms with Gasteiger partial charge in [0.2, 0.25) is 0 Å². The molecule has 2 rings (SSSR count). The molecule has 1 aromatic rings. The van der Waals surface area contributed by atoms with Crippen LogP contribution in [0.2, 0.25) is 0 Å². The Labute approximate surface area is 134 Å². The van der Waals surface area contributed by atoms with Gasteiger partial charge in [-0.3, -0.25) is 9.19 Å². The van der Waals surface area contributed by atoms with E-state index in [4.69, 9.17) is 4.74 Å². The molecule has 1 aromatic heterocycles. The second-order valence-electron chi connectivity index (χ2n) is 6.58. The first-order chi connectivity index (χ1) is 10.3. The van der Waals surface area contributed by atoms with Gasteiger partial charge in [-0.15, -0.1) is 0 Å². The van der Waals surface area contributed by atoms with Crippen molar-refractivity contribution in [2.75, 3.05) is 12.3 Å². The highest BCUT2D eigenvalue weighted by Gasteiger charge is 2.33. The largest absolute Gasteiger partial charge is 0.444 e. The summed E-state index contributed by atoms with van der Waals surface area (Å²) in [5.41, 5.74) is 0.510. The van der Waals surface area contributed by atoms with Gasteiger partial charge in [0, 0.05) is 47.3 Å². The number of nitrogens with zero attached hydrogens (tertiary/aromatic N) is 2. The number of carbonyl (C=O) groups is 1. The Balaban J connectivity index is 1.91. The van der Waals surface area contributed by atoms with Crippen molar-refractivity contribution in [3.8, 4) is 0 Å². The standard InChI is InChI=1S/C16H24N2O3S/c1-16(2,3)21-15(19)18-10-4-5-14(18)12-22(20)11-13-6-8-17-9-7-13/h6-9,14H,4-5,10-12H2,1-3H3/t14-,22+/m0/s1. The van der Waals surface area contributed by atoms with E-state index in [1.54, 1.807) is 17.3 Å². The van der Waals surface area contributed by atoms with E-state index in [0.29, 0.717) is 18.1 Å². The lowest BCUT2D eigenvalue weighted by Gasteiger charge is -2.28. The summed E-state index contributed by atoms with van der Waals surface area (Å²) in [5, 5.41) is 0. The van der Waals surface area contributed by atoms with E-state index in [-0.39, 0.29) is 12.1 Å². The summed E-state index contributed by atoms with van der Waals surface area (Å²) in [6, 6.07) is 3.76. The Kier molecular flexibility index (Phi) is 5.56. The summed E-state index contributed by atoms with van der Waals surface area (Å²) < 4.78 is 17.8. The third-order valence-corrected chi connectivity index (χ3v) is 4.87. The third-order valence-electron chi connectivity index (χ3n) is 3.46. The second kappa shape index (κ2) is 7.22. The molecule has 0 radical (unpaired) electrons. The fraction of sp³-hybridized carbons (Fsp3) is 0.625. The summed E-state index contributed by atoms with van der Waals surface area (Å²) in [6.07, 6.45) is 4.94. The van der Waals surface area contributed by atoms with Gasteiger partial charge in [-0.05, 0) is 51.3 Å². The number of carbonyl (C=O) groups excluding carboxylic acids is 1. The van der Waals surface area contributed by atoms with Gasteiger partial charge in [0.05, 0.1) is 0 Å². The van der Waals surface area contributed by atoms with Crippen LogP contribution < -0.4 is 0 Å². The third kappa shape index (κ3) is 5.09. The molecule has 1 aliphatic rings. The zero-order valence-electron chi connectivity index (χ0n) is 13.4. The average Bonchev–Trinajstić information content (AvgIpc) is 2.86. The van der Waals surface area contributed by atoms with Gasteiger partial charge in [-0.2, -0.15) is 0 Å². The molecule has 2 atom stereocenters. The molecule has 122 valence electrons. The number of hydrogen-bond acceptors (Lipinski definition) is 4. The maximum Gasteiger partial charge on any atom is 0.410 e. The first-order valence-corrected chi connectivity index (χ1v) is 9.07. The normalized spacial score (nSPS) is 20.0. The van der Waals surface area contributed by atoms with Crippen LogP contribution in [0.4, 0.5) is 4.79 Å². The molecule has 0 aromatic carbocycles. The molecular formula is C16H24N2O3S. The highest BCUT2D eigenvalue weighted by atomic mass is 32.2. The molecule has 2 heterocycles. The molecule has 0 unspecified atom stereocenters. The summed E-state index contributed by atoms with van der Waals surface area (Å²) in [5.74, 6) is 1.00. The van der Waals surface area contributed by atoms with Crippen LogP contribution in [0.3, 0.4) is 0 Å². The highest BCUT2D eigenvalue weighted by molar-refractivity contribution is 7.84. The van der Waals surface area contributed by atoms with Crippen LogP contribution in [0.1, 0.15) is 39.2 Å². The van der Waals surface area contributed by atoms with Crippen molar-refractivity contribution in [1.82, 2.24) is 9.88 Å². The van der Waals surface area contributed by atoms with E-state index < -0.39 is 16.4 Å². The summed E-state index contributed by atoms with van der Waals surface area (Å²) in [4.78, 5) is 17.9. The highest BCUT2D eigenvalue weighted by Crippen LogP contribution is 2.22. The van der Waals surface area contributed by atoms with Gasteiger partial charge in [0.1, 0.15) is 5.60 Å². The lowest BCUT2D eigenvalue weighted by Crippen LogP contribution is -2.42. The van der Waals surface area contributed by atoms with Gasteiger partial charge in [-0.1, -0.05) is 0 Å². The Morgan fingerprint density at radius 3 is 2.73 bits per heavy atom. The molecule has 0 bridgehead atoms. The molecule has 0 saturated carbocycles. The molecule has 1 amide bonds. The quantitative estimate of drug-likeness (QED) is 0.854. The predicted molar refractivity (Wildman–Crippen MR) is 86.9 cm³/mol. The summed E-state index contributed by atoms with van der Waals surface area (Å²) in [6.45, 7) is 6.26. The van der Waals surface area contributed by atoms with Crippen LogP contribution >= 0.6 is 0 Å². The Morgan fingerprint density at radius 1 is 1.41 bits per heavy atom. The minimum atomic E-state index is -0.998. The molecule has 0 spiro atoms. The van der Waals surface area contributed by atoms with Gasteiger partial charge in [0.15, 0.2) is 0 Å². The Hall–Kier alpha value is -1.43. The minimum Gasteiger partial charge on any atom is -0.444 e. The first kappa shape index (κ1) is 16.9. The second-order valence-corrected chi connectivity index (χ2v) is 8.08. The number of rotatable bonds is 4. The molecule has 0 N–H and O–H groups in total. The zero-order chi connectivity index (χ0) is 16.2. The van der Waals surface area contributed by atoms with E-state index in [1.165, 1.54) is 0 Å². The lowest BCUT2D eigenvalue weighted by atomic mass is 10.2. The predicted octanol–water partition coefficient (Wildman–Crippen LogP) is 2.73. The summed E-state index contributed by atoms with van der Waals surface area (Å²) >= 11 is 0. The van der Waals surface area contributed by atoms with Crippen molar-refractivity contribution in [2.24, 2.45) is 0 Å². The maximum atomic E-state index is 12.3. The summed E-state index contributed by atoms with van der Waals surface area (Å²) in [7, 11) is -0.998. The van der Waals surface area contributed by atoms with E-state index in [9.17, 15) is 9.00 Å². The Bertz CT molecular complexity index is 528. The van der Waals surface area contributed by atoms with Crippen molar-refractivity contribution < 1.29 is 13.7 Å². The fourth-order valence-electron chi connectivity index (χ4n) is 2.51. The molecular weight excluding hydrogens is 300 g/mol. The molecule has 6 heteroatoms. The number of aromatic nitrogens is 1. The molecule has 1 aliphatic heterocycles. The number of pyridine rings is 1.